The Morgan fingerprint density at radius 3 is 2.81 bits per heavy atom. The van der Waals surface area contributed by atoms with Crippen LogP contribution in [0.4, 0.5) is 5.69 Å². The number of non-ortho nitro benzene ring substituents is 1. The predicted octanol–water partition coefficient (Wildman–Crippen LogP) is 1.83. The van der Waals surface area contributed by atoms with Crippen LogP contribution in [0.1, 0.15) is 5.56 Å². The van der Waals surface area contributed by atoms with Gasteiger partial charge < -0.3 is 14.5 Å². The average Bonchev–Trinajstić information content (AvgIpc) is 2.94. The molecule has 0 unspecified atom stereocenters. The van der Waals surface area contributed by atoms with Crippen LogP contribution in [0.3, 0.4) is 0 Å². The summed E-state index contributed by atoms with van der Waals surface area (Å²) in [6, 6.07) is 11.0. The van der Waals surface area contributed by atoms with Crippen molar-refractivity contribution in [3.05, 3.63) is 68.7 Å². The first-order chi connectivity index (χ1) is 12.5. The van der Waals surface area contributed by atoms with Gasteiger partial charge in [0.15, 0.2) is 5.58 Å². The Labute approximate surface area is 146 Å². The van der Waals surface area contributed by atoms with Crippen LogP contribution in [0.25, 0.3) is 11.1 Å². The van der Waals surface area contributed by atoms with Gasteiger partial charge in [-0.2, -0.15) is 0 Å². The molecule has 0 atom stereocenters. The minimum atomic E-state index is -0.757. The number of fused-ring (bicyclic) bond motifs is 1. The number of nitro benzene ring substituents is 1. The van der Waals surface area contributed by atoms with Crippen LogP contribution in [-0.2, 0) is 17.9 Å². The van der Waals surface area contributed by atoms with E-state index in [1.807, 2.05) is 18.2 Å². The molecule has 9 heteroatoms. The number of aromatic nitrogens is 1. The van der Waals surface area contributed by atoms with E-state index in [-0.39, 0.29) is 29.9 Å². The van der Waals surface area contributed by atoms with E-state index in [1.54, 1.807) is 6.07 Å². The first-order valence-electron chi connectivity index (χ1n) is 7.66. The van der Waals surface area contributed by atoms with Gasteiger partial charge in [-0.3, -0.25) is 19.5 Å². The molecule has 2 aromatic carbocycles. The molecule has 3 aromatic rings. The van der Waals surface area contributed by atoms with Gasteiger partial charge in [-0.05, 0) is 12.1 Å². The summed E-state index contributed by atoms with van der Waals surface area (Å²) in [5.41, 5.74) is 0.958. The molecule has 0 aliphatic rings. The van der Waals surface area contributed by atoms with Gasteiger partial charge >= 0.3 is 5.76 Å². The highest BCUT2D eigenvalue weighted by molar-refractivity contribution is 5.80. The van der Waals surface area contributed by atoms with Crippen LogP contribution in [0, 0.1) is 10.1 Å². The number of nitro groups is 1. The Morgan fingerprint density at radius 1 is 1.31 bits per heavy atom. The maximum absolute atomic E-state index is 12.2. The fourth-order valence-corrected chi connectivity index (χ4v) is 2.56. The lowest BCUT2D eigenvalue weighted by molar-refractivity contribution is -0.384. The van der Waals surface area contributed by atoms with Gasteiger partial charge in [-0.15, -0.1) is 0 Å². The van der Waals surface area contributed by atoms with Gasteiger partial charge in [0.2, 0.25) is 5.91 Å². The number of benzene rings is 2. The molecular formula is C17H15N3O6. The minimum Gasteiger partial charge on any atom is -0.496 e. The van der Waals surface area contributed by atoms with Crippen LogP contribution >= 0.6 is 0 Å². The van der Waals surface area contributed by atoms with Crippen molar-refractivity contribution >= 4 is 22.7 Å². The van der Waals surface area contributed by atoms with Crippen molar-refractivity contribution in [1.29, 1.82) is 0 Å². The number of oxazole rings is 1. The van der Waals surface area contributed by atoms with E-state index < -0.39 is 16.6 Å². The molecule has 0 saturated heterocycles. The van der Waals surface area contributed by atoms with Crippen molar-refractivity contribution < 1.29 is 18.9 Å². The largest absolute Gasteiger partial charge is 0.496 e. The predicted molar refractivity (Wildman–Crippen MR) is 92.0 cm³/mol. The molecule has 9 nitrogen and oxygen atoms in total. The lowest BCUT2D eigenvalue weighted by Crippen LogP contribution is -2.30. The van der Waals surface area contributed by atoms with Crippen LogP contribution in [0.5, 0.6) is 5.75 Å². The molecule has 1 amide bonds. The number of ether oxygens (including phenoxy) is 1. The second-order valence-electron chi connectivity index (χ2n) is 5.45. The zero-order valence-electron chi connectivity index (χ0n) is 13.8. The third kappa shape index (κ3) is 3.41. The van der Waals surface area contributed by atoms with Crippen molar-refractivity contribution in [3.63, 3.8) is 0 Å². The van der Waals surface area contributed by atoms with Gasteiger partial charge in [0.1, 0.15) is 12.3 Å². The molecule has 1 N–H and O–H groups in total. The number of nitrogens with one attached hydrogen (secondary N) is 1. The van der Waals surface area contributed by atoms with E-state index in [4.69, 9.17) is 9.15 Å². The van der Waals surface area contributed by atoms with E-state index in [0.29, 0.717) is 5.75 Å². The summed E-state index contributed by atoms with van der Waals surface area (Å²) < 4.78 is 11.3. The molecular weight excluding hydrogens is 342 g/mol. The fourth-order valence-electron chi connectivity index (χ4n) is 2.56. The third-order valence-electron chi connectivity index (χ3n) is 3.83. The van der Waals surface area contributed by atoms with E-state index in [1.165, 1.54) is 25.3 Å². The molecule has 3 rings (SSSR count). The number of carbonyl (C=O) groups excluding carboxylic acids is 1. The second-order valence-corrected chi connectivity index (χ2v) is 5.45. The van der Waals surface area contributed by atoms with Crippen molar-refractivity contribution in [2.75, 3.05) is 7.11 Å². The summed E-state index contributed by atoms with van der Waals surface area (Å²) in [6.45, 7) is -0.102. The quantitative estimate of drug-likeness (QED) is 0.531. The fraction of sp³-hybridized carbons (Fsp3) is 0.176. The lowest BCUT2D eigenvalue weighted by atomic mass is 10.2. The number of hydrogen-bond acceptors (Lipinski definition) is 6. The SMILES string of the molecule is COc1ccccc1CNC(=O)Cn1c(=O)oc2ccc([N+](=O)[O-])cc21. The van der Waals surface area contributed by atoms with Gasteiger partial charge in [0, 0.05) is 24.2 Å². The maximum Gasteiger partial charge on any atom is 0.420 e. The van der Waals surface area contributed by atoms with Crippen molar-refractivity contribution in [2.45, 2.75) is 13.1 Å². The van der Waals surface area contributed by atoms with Gasteiger partial charge in [-0.1, -0.05) is 18.2 Å². The zero-order valence-corrected chi connectivity index (χ0v) is 13.8. The number of methoxy groups -OCH3 is 1. The molecule has 26 heavy (non-hydrogen) atoms. The summed E-state index contributed by atoms with van der Waals surface area (Å²) >= 11 is 0. The highest BCUT2D eigenvalue weighted by atomic mass is 16.6. The van der Waals surface area contributed by atoms with Crippen LogP contribution in [0.15, 0.2) is 51.7 Å². The van der Waals surface area contributed by atoms with Crippen molar-refractivity contribution in [1.82, 2.24) is 9.88 Å². The molecule has 0 bridgehead atoms. The Kier molecular flexibility index (Phi) is 4.70. The summed E-state index contributed by atoms with van der Waals surface area (Å²) in [4.78, 5) is 34.5. The number of rotatable bonds is 6. The second kappa shape index (κ2) is 7.09. The Hall–Kier alpha value is -3.62. The standard InChI is InChI=1S/C17H15N3O6/c1-25-14-5-3-2-4-11(14)9-18-16(21)10-19-13-8-12(20(23)24)6-7-15(13)26-17(19)22/h2-8H,9-10H2,1H3,(H,18,21). The molecule has 0 radical (unpaired) electrons. The highest BCUT2D eigenvalue weighted by Gasteiger charge is 2.16. The van der Waals surface area contributed by atoms with E-state index in [9.17, 15) is 19.7 Å². The Bertz CT molecular complexity index is 1040. The van der Waals surface area contributed by atoms with Gasteiger partial charge in [0.05, 0.1) is 17.5 Å². The van der Waals surface area contributed by atoms with Crippen LogP contribution in [-0.4, -0.2) is 22.5 Å². The molecule has 0 fully saturated rings. The molecule has 1 heterocycles. The molecule has 0 saturated carbocycles. The highest BCUT2D eigenvalue weighted by Crippen LogP contribution is 2.20. The van der Waals surface area contributed by atoms with E-state index >= 15 is 0 Å². The smallest absolute Gasteiger partial charge is 0.420 e. The van der Waals surface area contributed by atoms with Crippen LogP contribution in [0.2, 0.25) is 0 Å². The molecule has 1 aromatic heterocycles. The summed E-state index contributed by atoms with van der Waals surface area (Å²) in [5, 5.41) is 13.6. The Morgan fingerprint density at radius 2 is 2.08 bits per heavy atom. The molecule has 0 aliphatic heterocycles. The van der Waals surface area contributed by atoms with Crippen molar-refractivity contribution in [3.8, 4) is 5.75 Å². The first-order valence-corrected chi connectivity index (χ1v) is 7.66. The Balaban J connectivity index is 1.79. The molecule has 134 valence electrons. The van der Waals surface area contributed by atoms with Gasteiger partial charge in [-0.25, -0.2) is 4.79 Å². The zero-order chi connectivity index (χ0) is 18.7. The average molecular weight is 357 g/mol. The minimum absolute atomic E-state index is 0.179. The number of carbonyl (C=O) groups is 1. The van der Waals surface area contributed by atoms with E-state index in [0.717, 1.165) is 10.1 Å². The van der Waals surface area contributed by atoms with Crippen LogP contribution < -0.4 is 15.8 Å². The lowest BCUT2D eigenvalue weighted by Gasteiger charge is -2.09. The monoisotopic (exact) mass is 357 g/mol. The molecule has 0 aliphatic carbocycles. The van der Waals surface area contributed by atoms with Crippen molar-refractivity contribution in [2.24, 2.45) is 0 Å². The number of hydrogen-bond donors (Lipinski definition) is 1. The number of nitrogens with zero attached hydrogens (tertiary/aromatic N) is 2. The maximum atomic E-state index is 12.2. The first kappa shape index (κ1) is 17.2. The summed E-state index contributed by atoms with van der Waals surface area (Å²) in [5.74, 6) is -0.561. The summed E-state index contributed by atoms with van der Waals surface area (Å²) in [6.07, 6.45) is 0. The topological polar surface area (TPSA) is 117 Å². The summed E-state index contributed by atoms with van der Waals surface area (Å²) in [7, 11) is 1.53. The van der Waals surface area contributed by atoms with E-state index in [2.05, 4.69) is 5.32 Å². The third-order valence-corrected chi connectivity index (χ3v) is 3.83. The van der Waals surface area contributed by atoms with Gasteiger partial charge in [0.25, 0.3) is 5.69 Å². The number of para-hydroxylation sites is 1. The molecule has 0 spiro atoms. The number of amides is 1. The normalized spacial score (nSPS) is 10.7.